The van der Waals surface area contributed by atoms with E-state index in [1.54, 1.807) is 19.1 Å². The van der Waals surface area contributed by atoms with E-state index >= 15 is 0 Å². The van der Waals surface area contributed by atoms with Crippen molar-refractivity contribution in [1.82, 2.24) is 0 Å². The van der Waals surface area contributed by atoms with Gasteiger partial charge in [-0.25, -0.2) is 0 Å². The Labute approximate surface area is 136 Å². The number of carbonyl (C=O) groups excluding carboxylic acids is 2. The van der Waals surface area contributed by atoms with Gasteiger partial charge in [-0.05, 0) is 43.3 Å². The van der Waals surface area contributed by atoms with E-state index in [4.69, 9.17) is 0 Å². The van der Waals surface area contributed by atoms with Crippen LogP contribution < -0.4 is 16.0 Å². The van der Waals surface area contributed by atoms with Gasteiger partial charge in [-0.15, -0.1) is 0 Å². The molecule has 0 saturated carbocycles. The summed E-state index contributed by atoms with van der Waals surface area (Å²) in [5.41, 5.74) is 3.49. The Hall–Kier alpha value is -2.82. The molecular formula is C18H21N3O2. The van der Waals surface area contributed by atoms with Gasteiger partial charge in [-0.1, -0.05) is 24.6 Å². The third-order valence-corrected chi connectivity index (χ3v) is 3.28. The van der Waals surface area contributed by atoms with E-state index in [9.17, 15) is 9.59 Å². The summed E-state index contributed by atoms with van der Waals surface area (Å²) >= 11 is 0. The van der Waals surface area contributed by atoms with E-state index in [0.29, 0.717) is 6.42 Å². The smallest absolute Gasteiger partial charge is 0.243 e. The maximum atomic E-state index is 11.9. The van der Waals surface area contributed by atoms with Gasteiger partial charge >= 0.3 is 0 Å². The van der Waals surface area contributed by atoms with Crippen LogP contribution in [0.15, 0.2) is 48.5 Å². The molecule has 0 aromatic heterocycles. The average molecular weight is 311 g/mol. The van der Waals surface area contributed by atoms with Crippen LogP contribution in [0, 0.1) is 6.92 Å². The lowest BCUT2D eigenvalue weighted by Crippen LogP contribution is -2.21. The van der Waals surface area contributed by atoms with E-state index < -0.39 is 0 Å². The number of nitrogens with one attached hydrogen (secondary N) is 3. The van der Waals surface area contributed by atoms with Crippen LogP contribution in [0.25, 0.3) is 0 Å². The van der Waals surface area contributed by atoms with E-state index in [0.717, 1.165) is 22.6 Å². The fraction of sp³-hybridized carbons (Fsp3) is 0.222. The summed E-state index contributed by atoms with van der Waals surface area (Å²) in [4.78, 5) is 23.2. The molecule has 0 spiro atoms. The SMILES string of the molecule is CCC(=O)Nc1ccc(NCC(=O)Nc2ccc(C)cc2)cc1. The Balaban J connectivity index is 1.82. The van der Waals surface area contributed by atoms with Crippen molar-refractivity contribution in [2.75, 3.05) is 22.5 Å². The first kappa shape index (κ1) is 16.5. The Morgan fingerprint density at radius 3 is 1.83 bits per heavy atom. The third-order valence-electron chi connectivity index (χ3n) is 3.28. The molecule has 0 aliphatic carbocycles. The first-order chi connectivity index (χ1) is 11.1. The highest BCUT2D eigenvalue weighted by molar-refractivity contribution is 5.94. The van der Waals surface area contributed by atoms with Crippen molar-refractivity contribution in [2.24, 2.45) is 0 Å². The van der Waals surface area contributed by atoms with Crippen LogP contribution in [-0.2, 0) is 9.59 Å². The quantitative estimate of drug-likeness (QED) is 0.766. The van der Waals surface area contributed by atoms with Crippen molar-refractivity contribution in [3.05, 3.63) is 54.1 Å². The second-order valence-electron chi connectivity index (χ2n) is 5.25. The summed E-state index contributed by atoms with van der Waals surface area (Å²) in [5, 5.41) is 8.65. The fourth-order valence-corrected chi connectivity index (χ4v) is 1.95. The predicted molar refractivity (Wildman–Crippen MR) is 93.7 cm³/mol. The Morgan fingerprint density at radius 2 is 1.26 bits per heavy atom. The maximum Gasteiger partial charge on any atom is 0.243 e. The maximum absolute atomic E-state index is 11.9. The van der Waals surface area contributed by atoms with Crippen molar-refractivity contribution >= 4 is 28.9 Å². The summed E-state index contributed by atoms with van der Waals surface area (Å²) < 4.78 is 0. The molecule has 120 valence electrons. The van der Waals surface area contributed by atoms with Crippen LogP contribution in [0.1, 0.15) is 18.9 Å². The van der Waals surface area contributed by atoms with Gasteiger partial charge in [0.05, 0.1) is 6.54 Å². The van der Waals surface area contributed by atoms with Gasteiger partial charge in [0.15, 0.2) is 0 Å². The molecule has 5 nitrogen and oxygen atoms in total. The lowest BCUT2D eigenvalue weighted by molar-refractivity contribution is -0.116. The van der Waals surface area contributed by atoms with Gasteiger partial charge in [0.25, 0.3) is 0 Å². The first-order valence-corrected chi connectivity index (χ1v) is 7.57. The zero-order valence-electron chi connectivity index (χ0n) is 13.3. The number of hydrogen-bond donors (Lipinski definition) is 3. The highest BCUT2D eigenvalue weighted by Gasteiger charge is 2.03. The molecule has 0 aliphatic heterocycles. The van der Waals surface area contributed by atoms with E-state index in [1.165, 1.54) is 0 Å². The van der Waals surface area contributed by atoms with E-state index in [2.05, 4.69) is 16.0 Å². The first-order valence-electron chi connectivity index (χ1n) is 7.57. The topological polar surface area (TPSA) is 70.2 Å². The molecule has 23 heavy (non-hydrogen) atoms. The standard InChI is InChI=1S/C18H21N3O2/c1-3-17(22)20-16-10-8-14(9-11-16)19-12-18(23)21-15-6-4-13(2)5-7-15/h4-11,19H,3,12H2,1-2H3,(H,20,22)(H,21,23). The van der Waals surface area contributed by atoms with Gasteiger partial charge in [-0.3, -0.25) is 9.59 Å². The highest BCUT2D eigenvalue weighted by atomic mass is 16.2. The van der Waals surface area contributed by atoms with Crippen molar-refractivity contribution in [1.29, 1.82) is 0 Å². The van der Waals surface area contributed by atoms with Gasteiger partial charge in [0.1, 0.15) is 0 Å². The van der Waals surface area contributed by atoms with E-state index in [-0.39, 0.29) is 18.4 Å². The van der Waals surface area contributed by atoms with Crippen molar-refractivity contribution in [2.45, 2.75) is 20.3 Å². The molecular weight excluding hydrogens is 290 g/mol. The molecule has 0 bridgehead atoms. The molecule has 2 rings (SSSR count). The molecule has 2 aromatic carbocycles. The van der Waals surface area contributed by atoms with Gasteiger partial charge in [0.2, 0.25) is 11.8 Å². The normalized spacial score (nSPS) is 10.0. The molecule has 2 aromatic rings. The summed E-state index contributed by atoms with van der Waals surface area (Å²) in [6.45, 7) is 3.98. The number of aryl methyl sites for hydroxylation is 1. The van der Waals surface area contributed by atoms with Crippen LogP contribution >= 0.6 is 0 Å². The lowest BCUT2D eigenvalue weighted by Gasteiger charge is -2.09. The minimum Gasteiger partial charge on any atom is -0.376 e. The Kier molecular flexibility index (Phi) is 5.74. The zero-order chi connectivity index (χ0) is 16.7. The largest absolute Gasteiger partial charge is 0.376 e. The van der Waals surface area contributed by atoms with Crippen LogP contribution in [0.3, 0.4) is 0 Å². The molecule has 0 fully saturated rings. The van der Waals surface area contributed by atoms with Crippen molar-refractivity contribution in [3.63, 3.8) is 0 Å². The second-order valence-corrected chi connectivity index (χ2v) is 5.25. The second kappa shape index (κ2) is 7.98. The van der Waals surface area contributed by atoms with Crippen LogP contribution in [0.4, 0.5) is 17.1 Å². The average Bonchev–Trinajstić information content (AvgIpc) is 2.56. The highest BCUT2D eigenvalue weighted by Crippen LogP contribution is 2.14. The number of benzene rings is 2. The van der Waals surface area contributed by atoms with Crippen molar-refractivity contribution < 1.29 is 9.59 Å². The molecule has 3 N–H and O–H groups in total. The summed E-state index contributed by atoms with van der Waals surface area (Å²) in [6.07, 6.45) is 0.444. The fourth-order valence-electron chi connectivity index (χ4n) is 1.95. The van der Waals surface area contributed by atoms with Crippen molar-refractivity contribution in [3.8, 4) is 0 Å². The molecule has 0 atom stereocenters. The molecule has 5 heteroatoms. The van der Waals surface area contributed by atoms with Gasteiger partial charge in [0, 0.05) is 23.5 Å². The number of hydrogen-bond acceptors (Lipinski definition) is 3. The summed E-state index contributed by atoms with van der Waals surface area (Å²) in [5.74, 6) is -0.139. The van der Waals surface area contributed by atoms with Crippen LogP contribution in [0.2, 0.25) is 0 Å². The minimum absolute atomic E-state index is 0.0248. The molecule has 2 amide bonds. The van der Waals surface area contributed by atoms with Gasteiger partial charge < -0.3 is 16.0 Å². The van der Waals surface area contributed by atoms with Crippen LogP contribution in [0.5, 0.6) is 0 Å². The molecule has 0 aliphatic rings. The summed E-state index contributed by atoms with van der Waals surface area (Å²) in [7, 11) is 0. The van der Waals surface area contributed by atoms with Gasteiger partial charge in [-0.2, -0.15) is 0 Å². The number of rotatable bonds is 6. The molecule has 0 unspecified atom stereocenters. The molecule has 0 saturated heterocycles. The number of anilines is 3. The predicted octanol–water partition coefficient (Wildman–Crippen LogP) is 3.39. The third kappa shape index (κ3) is 5.47. The number of amides is 2. The lowest BCUT2D eigenvalue weighted by atomic mass is 10.2. The minimum atomic E-state index is -0.114. The monoisotopic (exact) mass is 311 g/mol. The summed E-state index contributed by atoms with van der Waals surface area (Å²) in [6, 6.07) is 14.9. The molecule has 0 heterocycles. The van der Waals surface area contributed by atoms with E-state index in [1.807, 2.05) is 43.3 Å². The zero-order valence-corrected chi connectivity index (χ0v) is 13.3. The Bertz CT molecular complexity index is 664. The number of carbonyl (C=O) groups is 2. The molecule has 0 radical (unpaired) electrons. The van der Waals surface area contributed by atoms with Crippen LogP contribution in [-0.4, -0.2) is 18.4 Å². The Morgan fingerprint density at radius 1 is 0.783 bits per heavy atom.